The van der Waals surface area contributed by atoms with Crippen LogP contribution in [0.3, 0.4) is 0 Å². The van der Waals surface area contributed by atoms with Crippen molar-refractivity contribution in [2.75, 3.05) is 0 Å². The SMILES string of the molecule is CC1(C)C2=C(C=CCC2)c2ccc(-c3ccc4ccc5c(-c6ccc7ccccc7c6)cc(-c6ccc7c(c6)C(C)(C)C(/C=C\C=C/I)C7)c6ccc3c4c65)cc21. The number of rotatable bonds is 5. The summed E-state index contributed by atoms with van der Waals surface area (Å²) < 4.78 is 2.08. The van der Waals surface area contributed by atoms with Crippen molar-refractivity contribution in [1.29, 1.82) is 0 Å². The lowest BCUT2D eigenvalue weighted by molar-refractivity contribution is 0.419. The molecule has 8 aromatic carbocycles. The van der Waals surface area contributed by atoms with Gasteiger partial charge >= 0.3 is 0 Å². The van der Waals surface area contributed by atoms with Gasteiger partial charge in [0.25, 0.3) is 0 Å². The zero-order valence-corrected chi connectivity index (χ0v) is 35.2. The molecule has 1 atom stereocenters. The van der Waals surface area contributed by atoms with Crippen LogP contribution in [0.1, 0.15) is 62.8 Å². The summed E-state index contributed by atoms with van der Waals surface area (Å²) in [6, 6.07) is 47.1. The van der Waals surface area contributed by atoms with Crippen LogP contribution in [0, 0.1) is 5.92 Å². The maximum Gasteiger partial charge on any atom is 0.0121 e. The van der Waals surface area contributed by atoms with E-state index in [1.165, 1.54) is 104 Å². The van der Waals surface area contributed by atoms with Crippen LogP contribution in [0.15, 0.2) is 161 Å². The van der Waals surface area contributed by atoms with Gasteiger partial charge in [-0.2, -0.15) is 0 Å². The summed E-state index contributed by atoms with van der Waals surface area (Å²) in [5, 5.41) is 10.5. The van der Waals surface area contributed by atoms with E-state index in [-0.39, 0.29) is 10.8 Å². The van der Waals surface area contributed by atoms with E-state index in [0.717, 1.165) is 19.3 Å². The summed E-state index contributed by atoms with van der Waals surface area (Å²) in [5.41, 5.74) is 16.7. The van der Waals surface area contributed by atoms with Gasteiger partial charge in [-0.05, 0) is 157 Å². The van der Waals surface area contributed by atoms with Gasteiger partial charge in [-0.1, -0.05) is 189 Å². The molecule has 276 valence electrons. The van der Waals surface area contributed by atoms with E-state index in [2.05, 4.69) is 206 Å². The standard InChI is InChI=1S/C56H45I/c1-55(2)41(13-9-10-28-57)30-40-19-18-39(31-51(40)55)49-33-48(37-17-16-34-11-5-6-12-36(34)29-37)46-25-21-35-20-23-42(45-26-27-47(49)54(46)53(35)45)38-22-24-44-43-14-7-8-15-50(43)56(3,4)52(44)32-38/h5-7,9-14,16-29,31-33,41H,8,15,30H2,1-4H3/b13-9-,28-10-. The van der Waals surface area contributed by atoms with Gasteiger partial charge in [0, 0.05) is 5.41 Å². The van der Waals surface area contributed by atoms with Crippen molar-refractivity contribution in [2.45, 2.75) is 57.8 Å². The van der Waals surface area contributed by atoms with E-state index in [1.807, 2.05) is 0 Å². The molecular weight excluding hydrogens is 800 g/mol. The third kappa shape index (κ3) is 5.24. The van der Waals surface area contributed by atoms with Crippen molar-refractivity contribution >= 4 is 71.3 Å². The molecule has 0 bridgehead atoms. The van der Waals surface area contributed by atoms with Crippen LogP contribution in [0.2, 0.25) is 0 Å². The lowest BCUT2D eigenvalue weighted by Gasteiger charge is -2.26. The molecule has 0 N–H and O–H groups in total. The van der Waals surface area contributed by atoms with Crippen molar-refractivity contribution in [2.24, 2.45) is 5.92 Å². The highest BCUT2D eigenvalue weighted by Gasteiger charge is 2.39. The second-order valence-corrected chi connectivity index (χ2v) is 18.4. The minimum atomic E-state index is 0.0336. The van der Waals surface area contributed by atoms with Crippen LogP contribution in [-0.4, -0.2) is 0 Å². The normalized spacial score (nSPS) is 18.2. The first-order valence-corrected chi connectivity index (χ1v) is 21.8. The molecule has 0 heterocycles. The van der Waals surface area contributed by atoms with Gasteiger partial charge in [-0.15, -0.1) is 0 Å². The Morgan fingerprint density at radius 3 is 2.05 bits per heavy atom. The van der Waals surface area contributed by atoms with E-state index in [9.17, 15) is 0 Å². The summed E-state index contributed by atoms with van der Waals surface area (Å²) in [6.07, 6.45) is 14.9. The number of allylic oxidation sites excluding steroid dienone is 7. The molecule has 0 fully saturated rings. The van der Waals surface area contributed by atoms with Crippen LogP contribution in [0.25, 0.3) is 82.0 Å². The molecule has 0 saturated heterocycles. The first kappa shape index (κ1) is 35.0. The molecule has 0 aromatic heterocycles. The lowest BCUT2D eigenvalue weighted by Crippen LogP contribution is -2.22. The van der Waals surface area contributed by atoms with Crippen LogP contribution in [0.4, 0.5) is 0 Å². The predicted octanol–water partition coefficient (Wildman–Crippen LogP) is 16.1. The van der Waals surface area contributed by atoms with Crippen molar-refractivity contribution in [3.63, 3.8) is 0 Å². The Hall–Kier alpha value is -5.25. The Labute approximate surface area is 349 Å². The van der Waals surface area contributed by atoms with Gasteiger partial charge in [0.2, 0.25) is 0 Å². The monoisotopic (exact) mass is 844 g/mol. The lowest BCUT2D eigenvalue weighted by atomic mass is 9.77. The Kier molecular flexibility index (Phi) is 7.90. The zero-order valence-electron chi connectivity index (χ0n) is 33.1. The fraction of sp³-hybridized carbons (Fsp3) is 0.179. The maximum atomic E-state index is 2.52. The molecule has 0 nitrogen and oxygen atoms in total. The van der Waals surface area contributed by atoms with E-state index in [4.69, 9.17) is 0 Å². The second-order valence-electron chi connectivity index (χ2n) is 17.7. The van der Waals surface area contributed by atoms with E-state index in [1.54, 1.807) is 5.57 Å². The fourth-order valence-electron chi connectivity index (χ4n) is 10.9. The second kappa shape index (κ2) is 12.9. The Morgan fingerprint density at radius 2 is 1.23 bits per heavy atom. The highest BCUT2D eigenvalue weighted by atomic mass is 127. The zero-order chi connectivity index (χ0) is 38.6. The van der Waals surface area contributed by atoms with E-state index in [0.29, 0.717) is 5.92 Å². The smallest absolute Gasteiger partial charge is 0.0121 e. The Balaban J connectivity index is 1.15. The van der Waals surface area contributed by atoms with Gasteiger partial charge in [-0.25, -0.2) is 0 Å². The van der Waals surface area contributed by atoms with Gasteiger partial charge in [0.05, 0.1) is 0 Å². The summed E-state index contributed by atoms with van der Waals surface area (Å²) in [7, 11) is 0. The molecule has 1 unspecified atom stereocenters. The third-order valence-electron chi connectivity index (χ3n) is 14.1. The number of hydrogen-bond acceptors (Lipinski definition) is 0. The van der Waals surface area contributed by atoms with Crippen molar-refractivity contribution in [3.8, 4) is 33.4 Å². The molecule has 8 aromatic rings. The quantitative estimate of drug-likeness (QED) is 0.0920. The highest BCUT2D eigenvalue weighted by Crippen LogP contribution is 2.53. The topological polar surface area (TPSA) is 0 Å². The van der Waals surface area contributed by atoms with Gasteiger partial charge < -0.3 is 0 Å². The maximum absolute atomic E-state index is 2.52. The highest BCUT2D eigenvalue weighted by molar-refractivity contribution is 14.1. The largest absolute Gasteiger partial charge is 0.0836 e. The third-order valence-corrected chi connectivity index (χ3v) is 14.5. The number of fused-ring (bicyclic) bond motifs is 4. The molecule has 3 aliphatic carbocycles. The van der Waals surface area contributed by atoms with Crippen molar-refractivity contribution in [1.82, 2.24) is 0 Å². The summed E-state index contributed by atoms with van der Waals surface area (Å²) in [6.45, 7) is 9.72. The Morgan fingerprint density at radius 1 is 0.579 bits per heavy atom. The van der Waals surface area contributed by atoms with Gasteiger partial charge in [0.1, 0.15) is 0 Å². The van der Waals surface area contributed by atoms with Crippen LogP contribution < -0.4 is 0 Å². The molecule has 3 aliphatic rings. The van der Waals surface area contributed by atoms with E-state index < -0.39 is 0 Å². The predicted molar refractivity (Wildman–Crippen MR) is 255 cm³/mol. The summed E-state index contributed by atoms with van der Waals surface area (Å²) >= 11 is 2.30. The molecule has 1 heteroatoms. The van der Waals surface area contributed by atoms with Crippen LogP contribution in [0.5, 0.6) is 0 Å². The van der Waals surface area contributed by atoms with Gasteiger partial charge in [0.15, 0.2) is 0 Å². The summed E-state index contributed by atoms with van der Waals surface area (Å²) in [5.74, 6) is 0.464. The first-order chi connectivity index (χ1) is 27.7. The minimum absolute atomic E-state index is 0.0336. The average Bonchev–Trinajstić information content (AvgIpc) is 3.63. The minimum Gasteiger partial charge on any atom is -0.0836 e. The van der Waals surface area contributed by atoms with Crippen LogP contribution >= 0.6 is 22.6 Å². The van der Waals surface area contributed by atoms with Crippen LogP contribution in [-0.2, 0) is 17.3 Å². The molecule has 0 radical (unpaired) electrons. The summed E-state index contributed by atoms with van der Waals surface area (Å²) in [4.78, 5) is 0. The number of hydrogen-bond donors (Lipinski definition) is 0. The van der Waals surface area contributed by atoms with Crippen molar-refractivity contribution in [3.05, 3.63) is 184 Å². The number of benzene rings is 8. The van der Waals surface area contributed by atoms with Gasteiger partial charge in [-0.3, -0.25) is 0 Å². The average molecular weight is 845 g/mol. The Bertz CT molecular complexity index is 3100. The van der Waals surface area contributed by atoms with E-state index >= 15 is 0 Å². The number of halogens is 1. The molecule has 57 heavy (non-hydrogen) atoms. The molecule has 0 amide bonds. The fourth-order valence-corrected chi connectivity index (χ4v) is 11.2. The first-order valence-electron chi connectivity index (χ1n) is 20.6. The molecule has 0 saturated carbocycles. The van der Waals surface area contributed by atoms with Crippen molar-refractivity contribution < 1.29 is 0 Å². The molecule has 0 aliphatic heterocycles. The molecule has 11 rings (SSSR count). The molecule has 0 spiro atoms. The molecular formula is C56H45I.